The molecular formula is C10H19N3O2. The fourth-order valence-corrected chi connectivity index (χ4v) is 1.67. The Kier molecular flexibility index (Phi) is 4.93. The van der Waals surface area contributed by atoms with Crippen LogP contribution in [0.1, 0.15) is 32.1 Å². The maximum atomic E-state index is 11.5. The molecule has 5 nitrogen and oxygen atoms in total. The molecule has 0 aliphatic carbocycles. The lowest BCUT2D eigenvalue weighted by Gasteiger charge is -2.26. The van der Waals surface area contributed by atoms with Crippen LogP contribution < -0.4 is 11.1 Å². The number of amides is 3. The quantitative estimate of drug-likeness (QED) is 0.665. The number of urea groups is 1. The molecule has 3 N–H and O–H groups in total. The van der Waals surface area contributed by atoms with Gasteiger partial charge in [-0.05, 0) is 25.7 Å². The summed E-state index contributed by atoms with van der Waals surface area (Å²) in [5, 5.41) is 2.79. The van der Waals surface area contributed by atoms with Gasteiger partial charge in [0.2, 0.25) is 5.91 Å². The lowest BCUT2D eigenvalue weighted by atomic mass is 10.1. The Morgan fingerprint density at radius 3 is 2.47 bits per heavy atom. The van der Waals surface area contributed by atoms with Crippen LogP contribution in [0.2, 0.25) is 0 Å². The molecule has 0 aromatic carbocycles. The van der Waals surface area contributed by atoms with Crippen molar-refractivity contribution in [2.75, 3.05) is 19.6 Å². The van der Waals surface area contributed by atoms with Crippen molar-refractivity contribution >= 4 is 11.9 Å². The van der Waals surface area contributed by atoms with E-state index in [0.29, 0.717) is 19.4 Å². The summed E-state index contributed by atoms with van der Waals surface area (Å²) < 4.78 is 0. The number of carbonyl (C=O) groups excluding carboxylic acids is 2. The van der Waals surface area contributed by atoms with Gasteiger partial charge in [-0.25, -0.2) is 4.79 Å². The second-order valence-electron chi connectivity index (χ2n) is 3.85. The van der Waals surface area contributed by atoms with E-state index in [4.69, 9.17) is 5.73 Å². The maximum absolute atomic E-state index is 11.5. The Balaban J connectivity index is 2.09. The van der Waals surface area contributed by atoms with Gasteiger partial charge in [0, 0.05) is 26.1 Å². The van der Waals surface area contributed by atoms with E-state index in [1.165, 1.54) is 6.42 Å². The summed E-state index contributed by atoms with van der Waals surface area (Å²) in [4.78, 5) is 23.8. The van der Waals surface area contributed by atoms with Crippen LogP contribution in [0.3, 0.4) is 0 Å². The summed E-state index contributed by atoms with van der Waals surface area (Å²) >= 11 is 0. The van der Waals surface area contributed by atoms with Crippen molar-refractivity contribution in [2.24, 2.45) is 5.73 Å². The Morgan fingerprint density at radius 1 is 1.20 bits per heavy atom. The number of nitrogens with zero attached hydrogens (tertiary/aromatic N) is 1. The highest BCUT2D eigenvalue weighted by Gasteiger charge is 2.15. The lowest BCUT2D eigenvalue weighted by Crippen LogP contribution is -2.43. The Morgan fingerprint density at radius 2 is 1.87 bits per heavy atom. The summed E-state index contributed by atoms with van der Waals surface area (Å²) in [7, 11) is 0. The van der Waals surface area contributed by atoms with Crippen LogP contribution in [0.5, 0.6) is 0 Å². The van der Waals surface area contributed by atoms with Crippen LogP contribution in [0.4, 0.5) is 4.79 Å². The molecule has 3 amide bonds. The van der Waals surface area contributed by atoms with Gasteiger partial charge in [0.25, 0.3) is 0 Å². The molecular weight excluding hydrogens is 194 g/mol. The number of rotatable bonds is 4. The average Bonchev–Trinajstić information content (AvgIpc) is 2.25. The molecule has 0 bridgehead atoms. The molecule has 0 aromatic rings. The van der Waals surface area contributed by atoms with Gasteiger partial charge in [-0.3, -0.25) is 4.79 Å². The van der Waals surface area contributed by atoms with E-state index in [9.17, 15) is 9.59 Å². The zero-order valence-corrected chi connectivity index (χ0v) is 9.00. The van der Waals surface area contributed by atoms with Gasteiger partial charge in [0.1, 0.15) is 0 Å². The van der Waals surface area contributed by atoms with Crippen molar-refractivity contribution in [1.82, 2.24) is 10.2 Å². The van der Waals surface area contributed by atoms with Crippen LogP contribution in [-0.2, 0) is 4.79 Å². The second kappa shape index (κ2) is 6.27. The van der Waals surface area contributed by atoms with Crippen molar-refractivity contribution in [3.8, 4) is 0 Å². The Bertz CT molecular complexity index is 225. The van der Waals surface area contributed by atoms with Crippen LogP contribution in [0, 0.1) is 0 Å². The molecule has 0 radical (unpaired) electrons. The minimum absolute atomic E-state index is 0.0147. The van der Waals surface area contributed by atoms with Crippen LogP contribution in [0.25, 0.3) is 0 Å². The molecule has 1 fully saturated rings. The molecule has 0 saturated carbocycles. The molecule has 0 unspecified atom stereocenters. The minimum Gasteiger partial charge on any atom is -0.370 e. The highest BCUT2D eigenvalue weighted by atomic mass is 16.2. The van der Waals surface area contributed by atoms with Crippen molar-refractivity contribution in [3.63, 3.8) is 0 Å². The molecule has 15 heavy (non-hydrogen) atoms. The number of piperidine rings is 1. The van der Waals surface area contributed by atoms with Crippen LogP contribution >= 0.6 is 0 Å². The molecule has 1 saturated heterocycles. The molecule has 86 valence electrons. The first kappa shape index (κ1) is 11.8. The van der Waals surface area contributed by atoms with E-state index in [0.717, 1.165) is 25.9 Å². The van der Waals surface area contributed by atoms with E-state index in [1.807, 2.05) is 4.90 Å². The van der Waals surface area contributed by atoms with E-state index in [2.05, 4.69) is 5.32 Å². The number of nitrogens with one attached hydrogen (secondary N) is 1. The number of hydrogen-bond donors (Lipinski definition) is 2. The Labute approximate surface area is 90.0 Å². The van der Waals surface area contributed by atoms with Gasteiger partial charge in [-0.1, -0.05) is 0 Å². The first-order valence-electron chi connectivity index (χ1n) is 5.51. The van der Waals surface area contributed by atoms with Gasteiger partial charge in [0.05, 0.1) is 0 Å². The molecule has 0 aromatic heterocycles. The Hall–Kier alpha value is -1.26. The molecule has 0 spiro atoms. The predicted molar refractivity (Wildman–Crippen MR) is 57.3 cm³/mol. The molecule has 1 aliphatic rings. The first-order valence-corrected chi connectivity index (χ1v) is 5.51. The second-order valence-corrected chi connectivity index (χ2v) is 3.85. The van der Waals surface area contributed by atoms with E-state index in [-0.39, 0.29) is 11.9 Å². The minimum atomic E-state index is -0.317. The predicted octanol–water partition coefficient (Wildman–Crippen LogP) is 0.447. The van der Waals surface area contributed by atoms with Gasteiger partial charge in [-0.15, -0.1) is 0 Å². The largest absolute Gasteiger partial charge is 0.370 e. The SMILES string of the molecule is NC(=O)CCCNC(=O)N1CCCCC1. The van der Waals surface area contributed by atoms with Gasteiger partial charge in [-0.2, -0.15) is 0 Å². The molecule has 1 rings (SSSR count). The van der Waals surface area contributed by atoms with E-state index in [1.54, 1.807) is 0 Å². The summed E-state index contributed by atoms with van der Waals surface area (Å²) in [5.74, 6) is -0.317. The number of primary amides is 1. The van der Waals surface area contributed by atoms with Gasteiger partial charge in [0.15, 0.2) is 0 Å². The van der Waals surface area contributed by atoms with Crippen LogP contribution in [0.15, 0.2) is 0 Å². The standard InChI is InChI=1S/C10H19N3O2/c11-9(14)5-4-6-12-10(15)13-7-2-1-3-8-13/h1-8H2,(H2,11,14)(H,12,15). The third kappa shape index (κ3) is 4.67. The van der Waals surface area contributed by atoms with E-state index >= 15 is 0 Å². The number of hydrogen-bond acceptors (Lipinski definition) is 2. The smallest absolute Gasteiger partial charge is 0.317 e. The average molecular weight is 213 g/mol. The topological polar surface area (TPSA) is 75.4 Å². The fourth-order valence-electron chi connectivity index (χ4n) is 1.67. The molecule has 1 aliphatic heterocycles. The van der Waals surface area contributed by atoms with Crippen molar-refractivity contribution < 1.29 is 9.59 Å². The summed E-state index contributed by atoms with van der Waals surface area (Å²) in [6.45, 7) is 2.22. The highest BCUT2D eigenvalue weighted by molar-refractivity contribution is 5.75. The third-order valence-corrected chi connectivity index (χ3v) is 2.52. The van der Waals surface area contributed by atoms with Crippen LogP contribution in [-0.4, -0.2) is 36.5 Å². The summed E-state index contributed by atoms with van der Waals surface area (Å²) in [6.07, 6.45) is 4.35. The number of nitrogens with two attached hydrogens (primary N) is 1. The van der Waals surface area contributed by atoms with Crippen molar-refractivity contribution in [1.29, 1.82) is 0 Å². The first-order chi connectivity index (χ1) is 7.20. The monoisotopic (exact) mass is 213 g/mol. The molecule has 0 atom stereocenters. The molecule has 5 heteroatoms. The van der Waals surface area contributed by atoms with Gasteiger partial charge >= 0.3 is 6.03 Å². The zero-order valence-electron chi connectivity index (χ0n) is 9.00. The van der Waals surface area contributed by atoms with Crippen molar-refractivity contribution in [2.45, 2.75) is 32.1 Å². The summed E-state index contributed by atoms with van der Waals surface area (Å²) in [6, 6.07) is -0.0147. The number of likely N-dealkylation sites (tertiary alicyclic amines) is 1. The molecule has 1 heterocycles. The third-order valence-electron chi connectivity index (χ3n) is 2.52. The van der Waals surface area contributed by atoms with Crippen molar-refractivity contribution in [3.05, 3.63) is 0 Å². The summed E-state index contributed by atoms with van der Waals surface area (Å²) in [5.41, 5.74) is 4.99. The fraction of sp³-hybridized carbons (Fsp3) is 0.800. The highest BCUT2D eigenvalue weighted by Crippen LogP contribution is 2.08. The maximum Gasteiger partial charge on any atom is 0.317 e. The van der Waals surface area contributed by atoms with Gasteiger partial charge < -0.3 is 16.0 Å². The van der Waals surface area contributed by atoms with E-state index < -0.39 is 0 Å². The lowest BCUT2D eigenvalue weighted by molar-refractivity contribution is -0.118. The normalized spacial score (nSPS) is 16.1. The zero-order chi connectivity index (χ0) is 11.1. The number of carbonyl (C=O) groups is 2.